The lowest BCUT2D eigenvalue weighted by atomic mass is 9.82. The molecule has 0 nitrogen and oxygen atoms in total. The van der Waals surface area contributed by atoms with Crippen molar-refractivity contribution in [1.29, 1.82) is 0 Å². The Morgan fingerprint density at radius 1 is 0.197 bits per heavy atom. The van der Waals surface area contributed by atoms with Gasteiger partial charge in [0.15, 0.2) is 0 Å². The van der Waals surface area contributed by atoms with Crippen molar-refractivity contribution in [2.24, 2.45) is 0 Å². The van der Waals surface area contributed by atoms with Gasteiger partial charge in [0.25, 0.3) is 0 Å². The SMILES string of the molecule is C(=Cc1ccccc1-c1cccc2c(-c3ccccc3)c3ccccc3c(-c3ccccc3)c12)c1ccc(-c2ccc(-c3c4ccccc4c(-c4ccccc4)c4ccccc34)cc2)cc1. The Balaban J connectivity index is 0.903. The van der Waals surface area contributed by atoms with E-state index in [1.807, 2.05) is 0 Å². The first-order chi connectivity index (χ1) is 32.8. The van der Waals surface area contributed by atoms with Crippen LogP contribution in [0, 0.1) is 0 Å². The van der Waals surface area contributed by atoms with E-state index in [1.54, 1.807) is 0 Å². The van der Waals surface area contributed by atoms with Gasteiger partial charge in [-0.1, -0.05) is 267 Å². The molecule has 0 saturated heterocycles. The molecule has 0 bridgehead atoms. The second kappa shape index (κ2) is 16.8. The lowest BCUT2D eigenvalue weighted by molar-refractivity contribution is 1.59. The van der Waals surface area contributed by atoms with Crippen molar-refractivity contribution in [2.45, 2.75) is 0 Å². The molecule has 0 aliphatic rings. The van der Waals surface area contributed by atoms with E-state index in [2.05, 4.69) is 267 Å². The normalized spacial score (nSPS) is 11.6. The van der Waals surface area contributed by atoms with Crippen LogP contribution in [0.15, 0.2) is 255 Å². The van der Waals surface area contributed by atoms with Gasteiger partial charge < -0.3 is 0 Å². The molecule has 0 heterocycles. The van der Waals surface area contributed by atoms with Crippen molar-refractivity contribution < 1.29 is 0 Å². The molecule has 0 spiro atoms. The molecule has 12 aromatic carbocycles. The molecule has 0 saturated carbocycles. The lowest BCUT2D eigenvalue weighted by Crippen LogP contribution is -1.94. The minimum atomic E-state index is 1.15. The van der Waals surface area contributed by atoms with Crippen LogP contribution in [-0.4, -0.2) is 0 Å². The summed E-state index contributed by atoms with van der Waals surface area (Å²) >= 11 is 0. The van der Waals surface area contributed by atoms with Gasteiger partial charge in [-0.2, -0.15) is 0 Å². The van der Waals surface area contributed by atoms with E-state index in [0.717, 1.165) is 5.56 Å². The van der Waals surface area contributed by atoms with Gasteiger partial charge in [-0.15, -0.1) is 0 Å². The standard InChI is InChI=1S/C66H44/c1-4-20-49(21-5-1)62-55-27-12-14-29-57(55)63(58-30-15-13-28-56(58)62)52-43-41-47(42-44-52)46-38-35-45(36-39-46)37-40-48-19-10-11-26-53(48)54-33-18-34-61-64(50-22-6-2-7-23-50)59-31-16-17-32-60(59)65(66(54)61)51-24-8-3-9-25-51/h1-44H. The van der Waals surface area contributed by atoms with Gasteiger partial charge in [0, 0.05) is 0 Å². The second-order valence-corrected chi connectivity index (χ2v) is 17.1. The summed E-state index contributed by atoms with van der Waals surface area (Å²) in [5, 5.41) is 10.1. The topological polar surface area (TPSA) is 0 Å². The Hall–Kier alpha value is -8.58. The van der Waals surface area contributed by atoms with Crippen molar-refractivity contribution in [3.8, 4) is 66.8 Å². The van der Waals surface area contributed by atoms with E-state index in [-0.39, 0.29) is 0 Å². The third-order valence-corrected chi connectivity index (χ3v) is 13.3. The maximum Gasteiger partial charge on any atom is -0.00139 e. The van der Waals surface area contributed by atoms with Crippen LogP contribution in [0.3, 0.4) is 0 Å². The molecule has 0 unspecified atom stereocenters. The molecule has 0 aromatic heterocycles. The Morgan fingerprint density at radius 3 is 1.03 bits per heavy atom. The summed E-state index contributed by atoms with van der Waals surface area (Å²) in [6.45, 7) is 0. The first-order valence-electron chi connectivity index (χ1n) is 22.8. The van der Waals surface area contributed by atoms with Crippen LogP contribution in [0.5, 0.6) is 0 Å². The van der Waals surface area contributed by atoms with E-state index < -0.39 is 0 Å². The summed E-state index contributed by atoms with van der Waals surface area (Å²) in [7, 11) is 0. The minimum Gasteiger partial charge on any atom is -0.0622 e. The third-order valence-electron chi connectivity index (χ3n) is 13.3. The highest BCUT2D eigenvalue weighted by Gasteiger charge is 2.21. The van der Waals surface area contributed by atoms with Crippen LogP contribution in [0.25, 0.3) is 122 Å². The van der Waals surface area contributed by atoms with E-state index in [0.29, 0.717) is 0 Å². The number of hydrogen-bond donors (Lipinski definition) is 0. The molecule has 12 rings (SSSR count). The monoisotopic (exact) mass is 836 g/mol. The average molecular weight is 837 g/mol. The maximum atomic E-state index is 2.31. The number of fused-ring (bicyclic) bond motifs is 4. The van der Waals surface area contributed by atoms with Gasteiger partial charge in [0.2, 0.25) is 0 Å². The van der Waals surface area contributed by atoms with Gasteiger partial charge >= 0.3 is 0 Å². The van der Waals surface area contributed by atoms with Crippen molar-refractivity contribution in [3.63, 3.8) is 0 Å². The highest BCUT2D eigenvalue weighted by molar-refractivity contribution is 6.25. The number of rotatable bonds is 8. The maximum absolute atomic E-state index is 2.31. The first kappa shape index (κ1) is 39.0. The van der Waals surface area contributed by atoms with Crippen LogP contribution in [0.4, 0.5) is 0 Å². The Labute approximate surface area is 386 Å². The molecule has 0 radical (unpaired) electrons. The van der Waals surface area contributed by atoms with Gasteiger partial charge in [-0.05, 0) is 121 Å². The molecular formula is C66H44. The molecule has 66 heavy (non-hydrogen) atoms. The van der Waals surface area contributed by atoms with Crippen molar-refractivity contribution >= 4 is 55.2 Å². The summed E-state index contributed by atoms with van der Waals surface area (Å²) in [4.78, 5) is 0. The summed E-state index contributed by atoms with van der Waals surface area (Å²) < 4.78 is 0. The van der Waals surface area contributed by atoms with Gasteiger partial charge in [-0.3, -0.25) is 0 Å². The molecule has 0 aliphatic carbocycles. The zero-order valence-electron chi connectivity index (χ0n) is 36.4. The summed E-state index contributed by atoms with van der Waals surface area (Å²) in [5.41, 5.74) is 17.1. The predicted molar refractivity (Wildman–Crippen MR) is 284 cm³/mol. The fourth-order valence-electron chi connectivity index (χ4n) is 10.3. The van der Waals surface area contributed by atoms with E-state index in [1.165, 1.54) is 115 Å². The number of hydrogen-bond acceptors (Lipinski definition) is 0. The largest absolute Gasteiger partial charge is 0.0622 e. The minimum absolute atomic E-state index is 1.15. The van der Waals surface area contributed by atoms with Crippen LogP contribution in [-0.2, 0) is 0 Å². The highest BCUT2D eigenvalue weighted by Crippen LogP contribution is 2.48. The smallest absolute Gasteiger partial charge is 0.00139 e. The highest BCUT2D eigenvalue weighted by atomic mass is 14.2. The number of benzene rings is 12. The van der Waals surface area contributed by atoms with E-state index in [4.69, 9.17) is 0 Å². The zero-order valence-corrected chi connectivity index (χ0v) is 36.4. The van der Waals surface area contributed by atoms with Gasteiger partial charge in [0.05, 0.1) is 0 Å². The molecule has 0 aliphatic heterocycles. The Morgan fingerprint density at radius 2 is 0.530 bits per heavy atom. The first-order valence-corrected chi connectivity index (χ1v) is 22.8. The third kappa shape index (κ3) is 6.88. The van der Waals surface area contributed by atoms with Crippen LogP contribution in [0.2, 0.25) is 0 Å². The zero-order chi connectivity index (χ0) is 43.8. The molecular weight excluding hydrogens is 793 g/mol. The predicted octanol–water partition coefficient (Wildman–Crippen LogP) is 18.5. The summed E-state index contributed by atoms with van der Waals surface area (Å²) in [6, 6.07) is 92.9. The van der Waals surface area contributed by atoms with Gasteiger partial charge in [0.1, 0.15) is 0 Å². The molecule has 0 amide bonds. The van der Waals surface area contributed by atoms with Gasteiger partial charge in [-0.25, -0.2) is 0 Å². The fourth-order valence-corrected chi connectivity index (χ4v) is 10.3. The van der Waals surface area contributed by atoms with Crippen LogP contribution >= 0.6 is 0 Å². The summed E-state index contributed by atoms with van der Waals surface area (Å²) in [6.07, 6.45) is 4.52. The lowest BCUT2D eigenvalue weighted by Gasteiger charge is -2.21. The quantitative estimate of drug-likeness (QED) is 0.106. The molecule has 12 aromatic rings. The van der Waals surface area contributed by atoms with Crippen molar-refractivity contribution in [2.75, 3.05) is 0 Å². The Bertz CT molecular complexity index is 3690. The Kier molecular flexibility index (Phi) is 9.97. The summed E-state index contributed by atoms with van der Waals surface area (Å²) in [5.74, 6) is 0. The molecule has 308 valence electrons. The molecule has 0 atom stereocenters. The van der Waals surface area contributed by atoms with Crippen molar-refractivity contribution in [1.82, 2.24) is 0 Å². The van der Waals surface area contributed by atoms with Crippen molar-refractivity contribution in [3.05, 3.63) is 266 Å². The average Bonchev–Trinajstić information content (AvgIpc) is 3.39. The molecule has 0 fully saturated rings. The second-order valence-electron chi connectivity index (χ2n) is 17.1. The molecule has 0 heteroatoms. The fraction of sp³-hybridized carbons (Fsp3) is 0. The van der Waals surface area contributed by atoms with E-state index >= 15 is 0 Å². The van der Waals surface area contributed by atoms with E-state index in [9.17, 15) is 0 Å². The van der Waals surface area contributed by atoms with Crippen LogP contribution in [0.1, 0.15) is 11.1 Å². The molecule has 0 N–H and O–H groups in total. The van der Waals surface area contributed by atoms with Crippen LogP contribution < -0.4 is 0 Å².